The molecule has 4 atom stereocenters. The van der Waals surface area contributed by atoms with Gasteiger partial charge in [0.05, 0.1) is 12.7 Å². The maximum Gasteiger partial charge on any atom is 0.423 e. The summed E-state index contributed by atoms with van der Waals surface area (Å²) in [4.78, 5) is 25.3. The molecule has 1 fully saturated rings. The Bertz CT molecular complexity index is 844. The Labute approximate surface area is 171 Å². The van der Waals surface area contributed by atoms with Crippen LogP contribution in [0.15, 0.2) is 15.8 Å². The van der Waals surface area contributed by atoms with Crippen LogP contribution in [0.1, 0.15) is 44.9 Å². The number of nitrogens with one attached hydrogen (secondary N) is 1. The number of alkyl halides is 3. The fraction of sp³-hybridized carbons (Fsp3) is 0.684. The van der Waals surface area contributed by atoms with Crippen LogP contribution in [0.4, 0.5) is 13.2 Å². The summed E-state index contributed by atoms with van der Waals surface area (Å²) in [6.07, 6.45) is -0.320. The van der Waals surface area contributed by atoms with E-state index in [-0.39, 0.29) is 19.6 Å². The molecular weight excluding hydrogens is 409 g/mol. The topological polar surface area (TPSA) is 91.8 Å². The monoisotopic (exact) mass is 434 g/mol. The number of aromatic nitrogens is 2. The first kappa shape index (κ1) is 24.1. The van der Waals surface area contributed by atoms with Gasteiger partial charge in [0, 0.05) is 19.2 Å². The van der Waals surface area contributed by atoms with Crippen molar-refractivity contribution in [1.29, 1.82) is 0 Å². The third kappa shape index (κ3) is 6.43. The van der Waals surface area contributed by atoms with Crippen molar-refractivity contribution in [1.82, 2.24) is 9.55 Å². The molecule has 8 nitrogen and oxygen atoms in total. The highest BCUT2D eigenvalue weighted by Gasteiger charge is 2.40. The van der Waals surface area contributed by atoms with E-state index in [1.54, 1.807) is 11.9 Å². The number of terminal acetylenes is 1. The second kappa shape index (κ2) is 10.8. The first-order valence-corrected chi connectivity index (χ1v) is 9.53. The number of nitrogens with zero attached hydrogens (tertiary/aromatic N) is 1. The second-order valence-electron chi connectivity index (χ2n) is 6.75. The smallest absolute Gasteiger partial charge is 0.363 e. The normalized spacial score (nSPS) is 22.7. The summed E-state index contributed by atoms with van der Waals surface area (Å²) in [6.45, 7) is 4.23. The number of hydrogen-bond acceptors (Lipinski definition) is 6. The largest absolute Gasteiger partial charge is 0.423 e. The van der Waals surface area contributed by atoms with Gasteiger partial charge >= 0.3 is 11.9 Å². The van der Waals surface area contributed by atoms with Gasteiger partial charge in [0.25, 0.3) is 5.56 Å². The molecule has 0 bridgehead atoms. The average Bonchev–Trinajstić information content (AvgIpc) is 3.06. The zero-order valence-corrected chi connectivity index (χ0v) is 16.7. The third-order valence-corrected chi connectivity index (χ3v) is 4.49. The Hall–Kier alpha value is -2.13. The predicted octanol–water partition coefficient (Wildman–Crippen LogP) is 2.04. The summed E-state index contributed by atoms with van der Waals surface area (Å²) in [5, 5.41) is 0. The highest BCUT2D eigenvalue weighted by atomic mass is 19.4. The molecule has 0 aliphatic carbocycles. The van der Waals surface area contributed by atoms with Gasteiger partial charge in [0.2, 0.25) is 0 Å². The second-order valence-corrected chi connectivity index (χ2v) is 6.75. The lowest BCUT2D eigenvalue weighted by Gasteiger charge is -2.21. The van der Waals surface area contributed by atoms with Gasteiger partial charge in [-0.15, -0.1) is 6.42 Å². The van der Waals surface area contributed by atoms with Crippen LogP contribution in [0, 0.1) is 12.3 Å². The van der Waals surface area contributed by atoms with Crippen LogP contribution in [-0.4, -0.2) is 47.9 Å². The van der Waals surface area contributed by atoms with Crippen molar-refractivity contribution >= 4 is 0 Å². The Morgan fingerprint density at radius 2 is 2.13 bits per heavy atom. The Kier molecular flexibility index (Phi) is 8.66. The van der Waals surface area contributed by atoms with Crippen molar-refractivity contribution in [2.24, 2.45) is 0 Å². The number of aromatic amines is 1. The summed E-state index contributed by atoms with van der Waals surface area (Å²) in [6, 6.07) is 0. The van der Waals surface area contributed by atoms with Gasteiger partial charge < -0.3 is 18.9 Å². The van der Waals surface area contributed by atoms with E-state index in [1.165, 1.54) is 0 Å². The van der Waals surface area contributed by atoms with Gasteiger partial charge in [-0.25, -0.2) is 4.79 Å². The van der Waals surface area contributed by atoms with E-state index in [2.05, 4.69) is 5.92 Å². The minimum Gasteiger partial charge on any atom is -0.363 e. The average molecular weight is 434 g/mol. The summed E-state index contributed by atoms with van der Waals surface area (Å²) in [7, 11) is 0. The van der Waals surface area contributed by atoms with Gasteiger partial charge in [-0.3, -0.25) is 14.3 Å². The first-order valence-electron chi connectivity index (χ1n) is 9.53. The van der Waals surface area contributed by atoms with Crippen molar-refractivity contribution in [2.45, 2.75) is 64.0 Å². The maximum absolute atomic E-state index is 13.0. The molecule has 1 aliphatic heterocycles. The molecule has 0 saturated carbocycles. The van der Waals surface area contributed by atoms with Crippen molar-refractivity contribution in [3.63, 3.8) is 0 Å². The number of halogens is 3. The highest BCUT2D eigenvalue weighted by molar-refractivity contribution is 5.09. The third-order valence-electron chi connectivity index (χ3n) is 4.49. The van der Waals surface area contributed by atoms with Gasteiger partial charge in [0.15, 0.2) is 6.29 Å². The Morgan fingerprint density at radius 3 is 2.77 bits per heavy atom. The van der Waals surface area contributed by atoms with Crippen LogP contribution in [0.2, 0.25) is 0 Å². The first-order chi connectivity index (χ1) is 14.2. The Balaban J connectivity index is 2.14. The van der Waals surface area contributed by atoms with Gasteiger partial charge in [-0.1, -0.05) is 19.3 Å². The molecule has 1 saturated heterocycles. The number of H-pyrrole nitrogens is 1. The van der Waals surface area contributed by atoms with E-state index < -0.39 is 47.7 Å². The minimum atomic E-state index is -4.92. The van der Waals surface area contributed by atoms with Crippen LogP contribution in [0.3, 0.4) is 0 Å². The summed E-state index contributed by atoms with van der Waals surface area (Å²) < 4.78 is 62.1. The molecule has 168 valence electrons. The van der Waals surface area contributed by atoms with Crippen molar-refractivity contribution in [3.05, 3.63) is 32.6 Å². The zero-order chi connectivity index (χ0) is 22.3. The van der Waals surface area contributed by atoms with Crippen LogP contribution >= 0.6 is 0 Å². The molecule has 1 aromatic heterocycles. The van der Waals surface area contributed by atoms with Gasteiger partial charge in [-0.2, -0.15) is 13.2 Å². The predicted molar refractivity (Wildman–Crippen MR) is 99.7 cm³/mol. The van der Waals surface area contributed by atoms with Crippen LogP contribution < -0.4 is 11.2 Å². The molecule has 1 unspecified atom stereocenters. The molecule has 11 heteroatoms. The fourth-order valence-corrected chi connectivity index (χ4v) is 2.92. The number of unbranched alkanes of at least 4 members (excludes halogenated alkanes) is 1. The van der Waals surface area contributed by atoms with Crippen molar-refractivity contribution in [3.8, 4) is 12.3 Å². The van der Waals surface area contributed by atoms with Crippen molar-refractivity contribution in [2.75, 3.05) is 19.8 Å². The van der Waals surface area contributed by atoms with E-state index in [4.69, 9.17) is 25.4 Å². The fourth-order valence-electron chi connectivity index (χ4n) is 2.92. The molecule has 1 N–H and O–H groups in total. The standard InChI is InChI=1S/C19H25F3N2O6/c1-4-6-8-27-12(3)29-11-15-14(28-7-5-2)9-16(30-15)24-10-13(19(20,21)22)17(25)23-18(24)26/h2,10,12,14-16H,4,6-9,11H2,1,3H3,(H,23,25,26)/t12?,14-,15+,16+/m0/s1. The lowest BCUT2D eigenvalue weighted by atomic mass is 10.2. The molecule has 0 aromatic carbocycles. The molecule has 1 aromatic rings. The van der Waals surface area contributed by atoms with E-state index in [1.807, 2.05) is 6.92 Å². The van der Waals surface area contributed by atoms with E-state index in [0.717, 1.165) is 12.8 Å². The summed E-state index contributed by atoms with van der Waals surface area (Å²) in [5.74, 6) is 2.31. The molecule has 30 heavy (non-hydrogen) atoms. The van der Waals surface area contributed by atoms with E-state index in [0.29, 0.717) is 17.4 Å². The maximum atomic E-state index is 13.0. The van der Waals surface area contributed by atoms with E-state index in [9.17, 15) is 22.8 Å². The SMILES string of the molecule is C#CCO[C@H]1C[C@H](n2cc(C(F)(F)F)c(=O)[nH]c2=O)O[C@@H]1COC(C)OCCCC. The lowest BCUT2D eigenvalue weighted by molar-refractivity contribution is -0.164. The van der Waals surface area contributed by atoms with Crippen LogP contribution in [-0.2, 0) is 25.1 Å². The Morgan fingerprint density at radius 1 is 1.40 bits per heavy atom. The number of hydrogen-bond donors (Lipinski definition) is 1. The molecule has 2 rings (SSSR count). The number of ether oxygens (including phenoxy) is 4. The highest BCUT2D eigenvalue weighted by Crippen LogP contribution is 2.32. The molecule has 0 amide bonds. The molecule has 2 heterocycles. The van der Waals surface area contributed by atoms with Gasteiger partial charge in [0.1, 0.15) is 24.5 Å². The van der Waals surface area contributed by atoms with Gasteiger partial charge in [-0.05, 0) is 13.3 Å². The quantitative estimate of drug-likeness (QED) is 0.344. The van der Waals surface area contributed by atoms with Crippen molar-refractivity contribution < 1.29 is 32.1 Å². The lowest BCUT2D eigenvalue weighted by Crippen LogP contribution is -2.36. The number of rotatable bonds is 10. The van der Waals surface area contributed by atoms with Crippen LogP contribution in [0.5, 0.6) is 0 Å². The van der Waals surface area contributed by atoms with E-state index >= 15 is 0 Å². The van der Waals surface area contributed by atoms with Crippen LogP contribution in [0.25, 0.3) is 0 Å². The molecule has 1 aliphatic rings. The summed E-state index contributed by atoms with van der Waals surface area (Å²) >= 11 is 0. The molecular formula is C19H25F3N2O6. The molecule has 0 spiro atoms. The summed E-state index contributed by atoms with van der Waals surface area (Å²) in [5.41, 5.74) is -4.03. The molecule has 0 radical (unpaired) electrons. The zero-order valence-electron chi connectivity index (χ0n) is 16.7. The minimum absolute atomic E-state index is 0.0171.